The number of carbonyl (C=O) groups is 2. The summed E-state index contributed by atoms with van der Waals surface area (Å²) in [6.45, 7) is 1.83. The predicted molar refractivity (Wildman–Crippen MR) is 50.5 cm³/mol. The lowest BCUT2D eigenvalue weighted by molar-refractivity contribution is -0.137. The molecule has 1 heterocycles. The fourth-order valence-electron chi connectivity index (χ4n) is 1.03. The Labute approximate surface area is 86.5 Å². The Morgan fingerprint density at radius 1 is 1.60 bits per heavy atom. The van der Waals surface area contributed by atoms with Crippen LogP contribution in [0.5, 0.6) is 0 Å². The number of carboxylic acid groups (broad SMARTS) is 1. The van der Waals surface area contributed by atoms with Gasteiger partial charge in [0.15, 0.2) is 5.69 Å². The molecule has 1 N–H and O–H groups in total. The van der Waals surface area contributed by atoms with Gasteiger partial charge in [-0.1, -0.05) is 5.16 Å². The van der Waals surface area contributed by atoms with Crippen LogP contribution in [0.2, 0.25) is 0 Å². The average molecular weight is 212 g/mol. The number of nitrogens with zero attached hydrogens (tertiary/aromatic N) is 2. The number of amides is 1. The molecule has 0 spiro atoms. The maximum atomic E-state index is 11.6. The molecule has 1 rings (SSSR count). The van der Waals surface area contributed by atoms with Gasteiger partial charge in [-0.15, -0.1) is 0 Å². The summed E-state index contributed by atoms with van der Waals surface area (Å²) in [5.74, 6) is -0.732. The molecule has 6 nitrogen and oxygen atoms in total. The first kappa shape index (κ1) is 11.2. The number of hydrogen-bond donors (Lipinski definition) is 1. The van der Waals surface area contributed by atoms with Gasteiger partial charge in [-0.2, -0.15) is 0 Å². The molecule has 0 aromatic carbocycles. The van der Waals surface area contributed by atoms with Crippen LogP contribution in [-0.4, -0.2) is 40.6 Å². The third-order valence-electron chi connectivity index (χ3n) is 1.85. The molecule has 0 saturated heterocycles. The number of aliphatic carboxylic acids is 1. The molecule has 0 fully saturated rings. The normalized spacial score (nSPS) is 10.0. The Bertz CT molecular complexity index is 372. The van der Waals surface area contributed by atoms with Gasteiger partial charge < -0.3 is 14.5 Å². The van der Waals surface area contributed by atoms with Crippen LogP contribution < -0.4 is 0 Å². The minimum absolute atomic E-state index is 0.0843. The van der Waals surface area contributed by atoms with Crippen molar-refractivity contribution in [3.8, 4) is 0 Å². The number of aromatic nitrogens is 1. The molecule has 1 aromatic heterocycles. The molecule has 0 unspecified atom stereocenters. The van der Waals surface area contributed by atoms with E-state index in [2.05, 4.69) is 5.16 Å². The summed E-state index contributed by atoms with van der Waals surface area (Å²) in [7, 11) is 1.52. The van der Waals surface area contributed by atoms with Gasteiger partial charge in [0, 0.05) is 19.7 Å². The van der Waals surface area contributed by atoms with E-state index in [-0.39, 0.29) is 24.6 Å². The minimum Gasteiger partial charge on any atom is -0.481 e. The van der Waals surface area contributed by atoms with Gasteiger partial charge in [0.1, 0.15) is 5.76 Å². The van der Waals surface area contributed by atoms with Gasteiger partial charge in [-0.25, -0.2) is 0 Å². The summed E-state index contributed by atoms with van der Waals surface area (Å²) in [5, 5.41) is 12.0. The standard InChI is InChI=1S/C9H12N2O4/c1-6-5-7(10-15-6)9(14)11(2)4-3-8(12)13/h5H,3-4H2,1-2H3,(H,12,13). The molecule has 0 saturated carbocycles. The van der Waals surface area contributed by atoms with E-state index in [0.717, 1.165) is 0 Å². The van der Waals surface area contributed by atoms with Gasteiger partial charge in [-0.05, 0) is 6.92 Å². The molecule has 0 aliphatic rings. The quantitative estimate of drug-likeness (QED) is 0.787. The predicted octanol–water partition coefficient (Wildman–Crippen LogP) is 0.530. The lowest BCUT2D eigenvalue weighted by atomic mass is 10.3. The van der Waals surface area contributed by atoms with Crippen molar-refractivity contribution in [3.05, 3.63) is 17.5 Å². The van der Waals surface area contributed by atoms with Crippen LogP contribution in [0.25, 0.3) is 0 Å². The first-order valence-corrected chi connectivity index (χ1v) is 4.41. The smallest absolute Gasteiger partial charge is 0.305 e. The van der Waals surface area contributed by atoms with Crippen molar-refractivity contribution in [2.45, 2.75) is 13.3 Å². The van der Waals surface area contributed by atoms with Crippen LogP contribution in [0.4, 0.5) is 0 Å². The van der Waals surface area contributed by atoms with Gasteiger partial charge in [-0.3, -0.25) is 9.59 Å². The average Bonchev–Trinajstić information content (AvgIpc) is 2.60. The van der Waals surface area contributed by atoms with E-state index in [1.807, 2.05) is 0 Å². The van der Waals surface area contributed by atoms with Crippen molar-refractivity contribution in [2.24, 2.45) is 0 Å². The number of aryl methyl sites for hydroxylation is 1. The van der Waals surface area contributed by atoms with Gasteiger partial charge in [0.25, 0.3) is 5.91 Å². The molecular weight excluding hydrogens is 200 g/mol. The number of rotatable bonds is 4. The third kappa shape index (κ3) is 3.08. The van der Waals surface area contributed by atoms with E-state index < -0.39 is 5.97 Å². The summed E-state index contributed by atoms with van der Waals surface area (Å²) in [5.41, 5.74) is 0.195. The van der Waals surface area contributed by atoms with E-state index in [0.29, 0.717) is 5.76 Å². The number of hydrogen-bond acceptors (Lipinski definition) is 4. The SMILES string of the molecule is Cc1cc(C(=O)N(C)CCC(=O)O)no1. The van der Waals surface area contributed by atoms with Crippen molar-refractivity contribution >= 4 is 11.9 Å². The maximum Gasteiger partial charge on any atom is 0.305 e. The second-order valence-electron chi connectivity index (χ2n) is 3.19. The van der Waals surface area contributed by atoms with Crippen molar-refractivity contribution < 1.29 is 19.2 Å². The van der Waals surface area contributed by atoms with E-state index in [1.54, 1.807) is 6.92 Å². The topological polar surface area (TPSA) is 83.6 Å². The van der Waals surface area contributed by atoms with Crippen LogP contribution in [0.15, 0.2) is 10.6 Å². The first-order chi connectivity index (χ1) is 7.00. The second kappa shape index (κ2) is 4.59. The third-order valence-corrected chi connectivity index (χ3v) is 1.85. The molecule has 0 atom stereocenters. The Morgan fingerprint density at radius 2 is 2.27 bits per heavy atom. The maximum absolute atomic E-state index is 11.6. The molecule has 0 bridgehead atoms. The van der Waals surface area contributed by atoms with Crippen molar-refractivity contribution in [1.82, 2.24) is 10.1 Å². The van der Waals surface area contributed by atoms with Crippen LogP contribution in [0.3, 0.4) is 0 Å². The molecule has 82 valence electrons. The zero-order valence-electron chi connectivity index (χ0n) is 8.56. The van der Waals surface area contributed by atoms with Crippen LogP contribution in [-0.2, 0) is 4.79 Å². The molecule has 0 aliphatic heterocycles. The van der Waals surface area contributed by atoms with Crippen molar-refractivity contribution in [1.29, 1.82) is 0 Å². The van der Waals surface area contributed by atoms with E-state index in [1.165, 1.54) is 18.0 Å². The molecule has 1 aromatic rings. The summed E-state index contributed by atoms with van der Waals surface area (Å²) in [6.07, 6.45) is -0.0843. The molecular formula is C9H12N2O4. The fraction of sp³-hybridized carbons (Fsp3) is 0.444. The molecule has 15 heavy (non-hydrogen) atoms. The Morgan fingerprint density at radius 3 is 2.73 bits per heavy atom. The van der Waals surface area contributed by atoms with Gasteiger partial charge in [0.2, 0.25) is 0 Å². The molecule has 1 amide bonds. The summed E-state index contributed by atoms with van der Waals surface area (Å²) in [4.78, 5) is 23.2. The van der Waals surface area contributed by atoms with Crippen LogP contribution >= 0.6 is 0 Å². The monoisotopic (exact) mass is 212 g/mol. The lowest BCUT2D eigenvalue weighted by Crippen LogP contribution is -2.29. The van der Waals surface area contributed by atoms with Gasteiger partial charge >= 0.3 is 5.97 Å². The van der Waals surface area contributed by atoms with E-state index in [4.69, 9.17) is 9.63 Å². The second-order valence-corrected chi connectivity index (χ2v) is 3.19. The Balaban J connectivity index is 2.57. The largest absolute Gasteiger partial charge is 0.481 e. The Hall–Kier alpha value is -1.85. The summed E-state index contributed by atoms with van der Waals surface area (Å²) in [6, 6.07) is 1.51. The zero-order valence-corrected chi connectivity index (χ0v) is 8.56. The molecule has 6 heteroatoms. The summed E-state index contributed by atoms with van der Waals surface area (Å²) < 4.78 is 4.75. The van der Waals surface area contributed by atoms with Crippen LogP contribution in [0.1, 0.15) is 22.7 Å². The number of carboxylic acids is 1. The van der Waals surface area contributed by atoms with Gasteiger partial charge in [0.05, 0.1) is 6.42 Å². The highest BCUT2D eigenvalue weighted by Crippen LogP contribution is 2.04. The molecule has 0 radical (unpaired) electrons. The zero-order chi connectivity index (χ0) is 11.4. The highest BCUT2D eigenvalue weighted by Gasteiger charge is 2.16. The van der Waals surface area contributed by atoms with Crippen molar-refractivity contribution in [2.75, 3.05) is 13.6 Å². The minimum atomic E-state index is -0.939. The molecule has 0 aliphatic carbocycles. The first-order valence-electron chi connectivity index (χ1n) is 4.41. The number of carbonyl (C=O) groups excluding carboxylic acids is 1. The highest BCUT2D eigenvalue weighted by molar-refractivity contribution is 5.92. The van der Waals surface area contributed by atoms with E-state index in [9.17, 15) is 9.59 Å². The van der Waals surface area contributed by atoms with Crippen LogP contribution in [0, 0.1) is 6.92 Å². The fourth-order valence-corrected chi connectivity index (χ4v) is 1.03. The van der Waals surface area contributed by atoms with Crippen molar-refractivity contribution in [3.63, 3.8) is 0 Å². The van der Waals surface area contributed by atoms with E-state index >= 15 is 0 Å². The Kier molecular flexibility index (Phi) is 3.43. The summed E-state index contributed by atoms with van der Waals surface area (Å²) >= 11 is 0. The lowest BCUT2D eigenvalue weighted by Gasteiger charge is -2.13. The highest BCUT2D eigenvalue weighted by atomic mass is 16.5.